The Morgan fingerprint density at radius 2 is 1.73 bits per heavy atom. The van der Waals surface area contributed by atoms with E-state index in [9.17, 15) is 4.79 Å². The Morgan fingerprint density at radius 1 is 1.05 bits per heavy atom. The third-order valence-electron chi connectivity index (χ3n) is 3.30. The van der Waals surface area contributed by atoms with E-state index in [2.05, 4.69) is 46.8 Å². The first-order valence-corrected chi connectivity index (χ1v) is 7.42. The average molecular weight is 298 g/mol. The standard InChI is InChI=1S/C17H22N4O/c1-11(2)9-17(22)19-16-8-7-15(20-21-16)18-14-6-5-12(3)13(4)10-14/h5-8,10-11H,9H2,1-4H3,(H,18,20)(H,19,21,22). The quantitative estimate of drug-likeness (QED) is 0.880. The van der Waals surface area contributed by atoms with Crippen LogP contribution in [0.15, 0.2) is 30.3 Å². The minimum Gasteiger partial charge on any atom is -0.339 e. The molecule has 116 valence electrons. The van der Waals surface area contributed by atoms with Crippen LogP contribution in [0.25, 0.3) is 0 Å². The summed E-state index contributed by atoms with van der Waals surface area (Å²) in [5.74, 6) is 1.39. The van der Waals surface area contributed by atoms with Crippen LogP contribution in [0.2, 0.25) is 0 Å². The predicted molar refractivity (Wildman–Crippen MR) is 89.3 cm³/mol. The van der Waals surface area contributed by atoms with Crippen LogP contribution in [-0.2, 0) is 4.79 Å². The molecule has 0 aliphatic rings. The summed E-state index contributed by atoms with van der Waals surface area (Å²) in [5, 5.41) is 14.0. The molecule has 2 N–H and O–H groups in total. The van der Waals surface area contributed by atoms with Gasteiger partial charge in [0.25, 0.3) is 0 Å². The molecule has 5 nitrogen and oxygen atoms in total. The zero-order valence-electron chi connectivity index (χ0n) is 13.5. The lowest BCUT2D eigenvalue weighted by molar-refractivity contribution is -0.116. The Labute approximate surface area is 131 Å². The molecule has 0 aliphatic heterocycles. The monoisotopic (exact) mass is 298 g/mol. The van der Waals surface area contributed by atoms with Crippen molar-refractivity contribution in [3.63, 3.8) is 0 Å². The van der Waals surface area contributed by atoms with E-state index in [4.69, 9.17) is 0 Å². The molecule has 2 aromatic rings. The summed E-state index contributed by atoms with van der Waals surface area (Å²) < 4.78 is 0. The van der Waals surface area contributed by atoms with Gasteiger partial charge in [-0.3, -0.25) is 4.79 Å². The highest BCUT2D eigenvalue weighted by Gasteiger charge is 2.06. The topological polar surface area (TPSA) is 66.9 Å². The van der Waals surface area contributed by atoms with Gasteiger partial charge in [0.2, 0.25) is 5.91 Å². The second kappa shape index (κ2) is 7.02. The number of anilines is 3. The average Bonchev–Trinajstić information content (AvgIpc) is 2.44. The van der Waals surface area contributed by atoms with E-state index in [1.807, 2.05) is 19.9 Å². The highest BCUT2D eigenvalue weighted by molar-refractivity contribution is 5.89. The van der Waals surface area contributed by atoms with Gasteiger partial charge in [0.1, 0.15) is 0 Å². The lowest BCUT2D eigenvalue weighted by Gasteiger charge is -2.09. The zero-order valence-corrected chi connectivity index (χ0v) is 13.5. The number of nitrogens with one attached hydrogen (secondary N) is 2. The van der Waals surface area contributed by atoms with Crippen molar-refractivity contribution in [1.82, 2.24) is 10.2 Å². The fourth-order valence-electron chi connectivity index (χ4n) is 2.00. The number of amides is 1. The number of aryl methyl sites for hydroxylation is 2. The van der Waals surface area contributed by atoms with Crippen LogP contribution < -0.4 is 10.6 Å². The Morgan fingerprint density at radius 3 is 2.32 bits per heavy atom. The van der Waals surface area contributed by atoms with E-state index >= 15 is 0 Å². The van der Waals surface area contributed by atoms with Crippen LogP contribution in [0.4, 0.5) is 17.3 Å². The van der Waals surface area contributed by atoms with Gasteiger partial charge >= 0.3 is 0 Å². The summed E-state index contributed by atoms with van der Waals surface area (Å²) in [6, 6.07) is 9.67. The smallest absolute Gasteiger partial charge is 0.225 e. The lowest BCUT2D eigenvalue weighted by Crippen LogP contribution is -2.15. The Kier molecular flexibility index (Phi) is 5.09. The molecule has 22 heavy (non-hydrogen) atoms. The maximum Gasteiger partial charge on any atom is 0.225 e. The maximum absolute atomic E-state index is 11.7. The number of hydrogen-bond donors (Lipinski definition) is 2. The Bertz CT molecular complexity index is 650. The van der Waals surface area contributed by atoms with Gasteiger partial charge < -0.3 is 10.6 Å². The van der Waals surface area contributed by atoms with E-state index in [1.54, 1.807) is 12.1 Å². The number of carbonyl (C=O) groups is 1. The molecule has 0 unspecified atom stereocenters. The van der Waals surface area contributed by atoms with Crippen molar-refractivity contribution in [1.29, 1.82) is 0 Å². The van der Waals surface area contributed by atoms with Gasteiger partial charge in [-0.05, 0) is 55.2 Å². The zero-order chi connectivity index (χ0) is 16.1. The summed E-state index contributed by atoms with van der Waals surface area (Å²) in [4.78, 5) is 11.7. The number of aromatic nitrogens is 2. The van der Waals surface area contributed by atoms with Crippen LogP contribution in [0.5, 0.6) is 0 Å². The van der Waals surface area contributed by atoms with Crippen molar-refractivity contribution in [2.45, 2.75) is 34.1 Å². The van der Waals surface area contributed by atoms with Crippen LogP contribution in [-0.4, -0.2) is 16.1 Å². The van der Waals surface area contributed by atoms with Crippen molar-refractivity contribution >= 4 is 23.2 Å². The summed E-state index contributed by atoms with van der Waals surface area (Å²) in [6.45, 7) is 8.15. The molecule has 0 saturated heterocycles. The van der Waals surface area contributed by atoms with Crippen molar-refractivity contribution in [3.05, 3.63) is 41.5 Å². The van der Waals surface area contributed by atoms with Gasteiger partial charge in [0.05, 0.1) is 0 Å². The predicted octanol–water partition coefficient (Wildman–Crippen LogP) is 3.82. The molecular weight excluding hydrogens is 276 g/mol. The third-order valence-corrected chi connectivity index (χ3v) is 3.30. The van der Waals surface area contributed by atoms with Crippen LogP contribution >= 0.6 is 0 Å². The SMILES string of the molecule is Cc1ccc(Nc2ccc(NC(=O)CC(C)C)nn2)cc1C. The largest absolute Gasteiger partial charge is 0.339 e. The molecule has 2 rings (SSSR count). The van der Waals surface area contributed by atoms with Gasteiger partial charge in [0.15, 0.2) is 11.6 Å². The van der Waals surface area contributed by atoms with Crippen LogP contribution in [0, 0.1) is 19.8 Å². The van der Waals surface area contributed by atoms with Crippen molar-refractivity contribution in [3.8, 4) is 0 Å². The summed E-state index contributed by atoms with van der Waals surface area (Å²) in [5.41, 5.74) is 3.43. The number of hydrogen-bond acceptors (Lipinski definition) is 4. The van der Waals surface area contributed by atoms with E-state index in [-0.39, 0.29) is 5.91 Å². The second-order valence-electron chi connectivity index (χ2n) is 5.87. The number of carbonyl (C=O) groups excluding carboxylic acids is 1. The molecule has 1 aromatic carbocycles. The molecule has 0 fully saturated rings. The molecule has 0 bridgehead atoms. The molecule has 0 atom stereocenters. The Hall–Kier alpha value is -2.43. The number of nitrogens with zero attached hydrogens (tertiary/aromatic N) is 2. The lowest BCUT2D eigenvalue weighted by atomic mass is 10.1. The molecule has 5 heteroatoms. The first kappa shape index (κ1) is 15.9. The highest BCUT2D eigenvalue weighted by Crippen LogP contribution is 2.18. The maximum atomic E-state index is 11.7. The fourth-order valence-corrected chi connectivity index (χ4v) is 2.00. The number of rotatable bonds is 5. The normalized spacial score (nSPS) is 10.6. The van der Waals surface area contributed by atoms with Crippen molar-refractivity contribution in [2.24, 2.45) is 5.92 Å². The minimum absolute atomic E-state index is 0.0424. The van der Waals surface area contributed by atoms with Crippen LogP contribution in [0.3, 0.4) is 0 Å². The highest BCUT2D eigenvalue weighted by atomic mass is 16.1. The summed E-state index contributed by atoms with van der Waals surface area (Å²) in [7, 11) is 0. The Balaban J connectivity index is 1.99. The summed E-state index contributed by atoms with van der Waals surface area (Å²) >= 11 is 0. The van der Waals surface area contributed by atoms with Gasteiger partial charge in [0, 0.05) is 12.1 Å². The van der Waals surface area contributed by atoms with E-state index in [0.29, 0.717) is 24.0 Å². The molecule has 1 heterocycles. The van der Waals surface area contributed by atoms with Gasteiger partial charge in [-0.2, -0.15) is 0 Å². The van der Waals surface area contributed by atoms with Gasteiger partial charge in [-0.25, -0.2) is 0 Å². The van der Waals surface area contributed by atoms with E-state index < -0.39 is 0 Å². The molecule has 1 amide bonds. The third kappa shape index (κ3) is 4.55. The molecular formula is C17H22N4O. The van der Waals surface area contributed by atoms with Crippen molar-refractivity contribution in [2.75, 3.05) is 10.6 Å². The van der Waals surface area contributed by atoms with Crippen LogP contribution in [0.1, 0.15) is 31.4 Å². The molecule has 0 radical (unpaired) electrons. The minimum atomic E-state index is -0.0424. The van der Waals surface area contributed by atoms with Gasteiger partial charge in [-0.1, -0.05) is 19.9 Å². The van der Waals surface area contributed by atoms with E-state index in [0.717, 1.165) is 5.69 Å². The molecule has 1 aromatic heterocycles. The number of benzene rings is 1. The second-order valence-corrected chi connectivity index (χ2v) is 5.87. The molecule has 0 aliphatic carbocycles. The van der Waals surface area contributed by atoms with E-state index in [1.165, 1.54) is 11.1 Å². The van der Waals surface area contributed by atoms with Crippen molar-refractivity contribution < 1.29 is 4.79 Å². The molecule has 0 spiro atoms. The fraction of sp³-hybridized carbons (Fsp3) is 0.353. The summed E-state index contributed by atoms with van der Waals surface area (Å²) in [6.07, 6.45) is 0.477. The molecule has 0 saturated carbocycles. The first-order chi connectivity index (χ1) is 10.4. The first-order valence-electron chi connectivity index (χ1n) is 7.42. The van der Waals surface area contributed by atoms with Gasteiger partial charge in [-0.15, -0.1) is 10.2 Å².